The molecule has 2 aromatic rings. The first-order chi connectivity index (χ1) is 7.20. The van der Waals surface area contributed by atoms with Crippen molar-refractivity contribution >= 4 is 22.4 Å². The Morgan fingerprint density at radius 3 is 2.73 bits per heavy atom. The summed E-state index contributed by atoms with van der Waals surface area (Å²) < 4.78 is 0. The summed E-state index contributed by atoms with van der Waals surface area (Å²) in [6.45, 7) is 2.47. The Balaban J connectivity index is 2.60. The van der Waals surface area contributed by atoms with Gasteiger partial charge >= 0.3 is 0 Å². The minimum atomic E-state index is 0.435. The van der Waals surface area contributed by atoms with Crippen LogP contribution in [0.15, 0.2) is 30.3 Å². The number of hydrogen-bond donors (Lipinski definition) is 1. The molecule has 2 nitrogen and oxygen atoms in total. The molecular weight excluding hydrogens is 210 g/mol. The standard InChI is InChI=1S/C12H12ClNO/c1-8-4-10-6-12(13)3-2-9(10)5-11(8)7-15-14/h2-6H,7,14H2,1H3. The average molecular weight is 222 g/mol. The van der Waals surface area contributed by atoms with E-state index in [4.69, 9.17) is 17.5 Å². The van der Waals surface area contributed by atoms with Crippen LogP contribution < -0.4 is 5.90 Å². The summed E-state index contributed by atoms with van der Waals surface area (Å²) in [5, 5.41) is 3.04. The molecule has 0 spiro atoms. The van der Waals surface area contributed by atoms with E-state index in [1.165, 1.54) is 0 Å². The molecule has 0 aliphatic heterocycles. The van der Waals surface area contributed by atoms with Gasteiger partial charge in [0, 0.05) is 5.02 Å². The van der Waals surface area contributed by atoms with Crippen LogP contribution in [0.3, 0.4) is 0 Å². The first-order valence-corrected chi connectivity index (χ1v) is 5.09. The largest absolute Gasteiger partial charge is 0.300 e. The zero-order chi connectivity index (χ0) is 10.8. The maximum Gasteiger partial charge on any atom is 0.0932 e. The third-order valence-electron chi connectivity index (χ3n) is 2.50. The van der Waals surface area contributed by atoms with Gasteiger partial charge in [0.25, 0.3) is 0 Å². The van der Waals surface area contributed by atoms with Crippen molar-refractivity contribution in [1.82, 2.24) is 0 Å². The van der Waals surface area contributed by atoms with Gasteiger partial charge < -0.3 is 0 Å². The van der Waals surface area contributed by atoms with Crippen molar-refractivity contribution in [3.05, 3.63) is 46.5 Å². The fraction of sp³-hybridized carbons (Fsp3) is 0.167. The van der Waals surface area contributed by atoms with Gasteiger partial charge in [-0.05, 0) is 47.0 Å². The maximum atomic E-state index is 5.93. The van der Waals surface area contributed by atoms with E-state index in [1.807, 2.05) is 25.1 Å². The van der Waals surface area contributed by atoms with Crippen molar-refractivity contribution < 1.29 is 4.84 Å². The highest BCUT2D eigenvalue weighted by Crippen LogP contribution is 2.23. The van der Waals surface area contributed by atoms with E-state index in [2.05, 4.69) is 17.0 Å². The van der Waals surface area contributed by atoms with Crippen LogP contribution in [0.5, 0.6) is 0 Å². The van der Waals surface area contributed by atoms with Crippen LogP contribution in [0.2, 0.25) is 5.02 Å². The van der Waals surface area contributed by atoms with Gasteiger partial charge in [-0.1, -0.05) is 23.7 Å². The smallest absolute Gasteiger partial charge is 0.0932 e. The number of aryl methyl sites for hydroxylation is 1. The molecule has 0 fully saturated rings. The second-order valence-corrected chi connectivity index (χ2v) is 4.02. The summed E-state index contributed by atoms with van der Waals surface area (Å²) in [6.07, 6.45) is 0. The molecular formula is C12H12ClNO. The number of hydrogen-bond acceptors (Lipinski definition) is 2. The van der Waals surface area contributed by atoms with Crippen LogP contribution in [-0.2, 0) is 11.4 Å². The summed E-state index contributed by atoms with van der Waals surface area (Å²) in [7, 11) is 0. The lowest BCUT2D eigenvalue weighted by Crippen LogP contribution is -2.00. The van der Waals surface area contributed by atoms with Crippen molar-refractivity contribution in [2.75, 3.05) is 0 Å². The molecule has 0 unspecified atom stereocenters. The second kappa shape index (κ2) is 4.19. The van der Waals surface area contributed by atoms with Crippen molar-refractivity contribution in [3.63, 3.8) is 0 Å². The molecule has 0 aliphatic rings. The Morgan fingerprint density at radius 2 is 2.00 bits per heavy atom. The van der Waals surface area contributed by atoms with Gasteiger partial charge in [0.05, 0.1) is 6.61 Å². The van der Waals surface area contributed by atoms with Gasteiger partial charge in [-0.2, -0.15) is 0 Å². The Morgan fingerprint density at radius 1 is 1.20 bits per heavy atom. The summed E-state index contributed by atoms with van der Waals surface area (Å²) in [6, 6.07) is 10.0. The minimum absolute atomic E-state index is 0.435. The molecule has 0 heterocycles. The highest BCUT2D eigenvalue weighted by atomic mass is 35.5. The molecule has 0 radical (unpaired) electrons. The maximum absolute atomic E-state index is 5.93. The topological polar surface area (TPSA) is 35.2 Å². The van der Waals surface area contributed by atoms with Gasteiger partial charge in [-0.25, -0.2) is 5.90 Å². The van der Waals surface area contributed by atoms with E-state index in [0.717, 1.165) is 26.9 Å². The summed E-state index contributed by atoms with van der Waals surface area (Å²) >= 11 is 5.93. The lowest BCUT2D eigenvalue weighted by Gasteiger charge is -2.07. The monoisotopic (exact) mass is 221 g/mol. The van der Waals surface area contributed by atoms with Gasteiger partial charge in [0.15, 0.2) is 0 Å². The van der Waals surface area contributed by atoms with E-state index in [0.29, 0.717) is 6.61 Å². The molecule has 2 aromatic carbocycles. The summed E-state index contributed by atoms with van der Waals surface area (Å²) in [5.74, 6) is 5.08. The van der Waals surface area contributed by atoms with Crippen LogP contribution in [-0.4, -0.2) is 0 Å². The van der Waals surface area contributed by atoms with E-state index >= 15 is 0 Å². The molecule has 0 atom stereocenters. The molecule has 0 saturated carbocycles. The minimum Gasteiger partial charge on any atom is -0.300 e. The Labute approximate surface area is 93.6 Å². The molecule has 0 aliphatic carbocycles. The molecule has 15 heavy (non-hydrogen) atoms. The summed E-state index contributed by atoms with van der Waals surface area (Å²) in [4.78, 5) is 4.66. The molecule has 78 valence electrons. The van der Waals surface area contributed by atoms with Gasteiger partial charge in [-0.15, -0.1) is 0 Å². The zero-order valence-electron chi connectivity index (χ0n) is 8.46. The summed E-state index contributed by atoms with van der Waals surface area (Å²) in [5.41, 5.74) is 2.27. The van der Waals surface area contributed by atoms with Gasteiger partial charge in [0.1, 0.15) is 0 Å². The number of nitrogens with two attached hydrogens (primary N) is 1. The van der Waals surface area contributed by atoms with Crippen molar-refractivity contribution in [3.8, 4) is 0 Å². The SMILES string of the molecule is Cc1cc2cc(Cl)ccc2cc1CON. The molecule has 3 heteroatoms. The quantitative estimate of drug-likeness (QED) is 0.791. The molecule has 0 amide bonds. The second-order valence-electron chi connectivity index (χ2n) is 3.58. The van der Waals surface area contributed by atoms with Crippen LogP contribution in [0.1, 0.15) is 11.1 Å². The lowest BCUT2D eigenvalue weighted by molar-refractivity contribution is 0.124. The Bertz CT molecular complexity index is 496. The Hall–Kier alpha value is -1.09. The van der Waals surface area contributed by atoms with Crippen LogP contribution in [0.25, 0.3) is 10.8 Å². The molecule has 0 aromatic heterocycles. The molecule has 2 rings (SSSR count). The van der Waals surface area contributed by atoms with Crippen LogP contribution >= 0.6 is 11.6 Å². The van der Waals surface area contributed by atoms with E-state index in [1.54, 1.807) is 0 Å². The fourth-order valence-electron chi connectivity index (χ4n) is 1.67. The van der Waals surface area contributed by atoms with E-state index in [9.17, 15) is 0 Å². The lowest BCUT2D eigenvalue weighted by atomic mass is 10.0. The number of halogens is 1. The number of fused-ring (bicyclic) bond motifs is 1. The Kier molecular flexibility index (Phi) is 2.91. The predicted molar refractivity (Wildman–Crippen MR) is 62.7 cm³/mol. The highest BCUT2D eigenvalue weighted by molar-refractivity contribution is 6.31. The van der Waals surface area contributed by atoms with E-state index in [-0.39, 0.29) is 0 Å². The van der Waals surface area contributed by atoms with Gasteiger partial charge in [0.2, 0.25) is 0 Å². The zero-order valence-corrected chi connectivity index (χ0v) is 9.21. The number of rotatable bonds is 2. The van der Waals surface area contributed by atoms with Crippen LogP contribution in [0, 0.1) is 6.92 Å². The van der Waals surface area contributed by atoms with Crippen LogP contribution in [0.4, 0.5) is 0 Å². The third kappa shape index (κ3) is 2.12. The van der Waals surface area contributed by atoms with E-state index < -0.39 is 0 Å². The average Bonchev–Trinajstić information content (AvgIpc) is 2.20. The van der Waals surface area contributed by atoms with Gasteiger partial charge in [-0.3, -0.25) is 4.84 Å². The third-order valence-corrected chi connectivity index (χ3v) is 2.73. The first kappa shape index (κ1) is 10.4. The first-order valence-electron chi connectivity index (χ1n) is 4.71. The molecule has 0 saturated heterocycles. The van der Waals surface area contributed by atoms with Crippen molar-refractivity contribution in [1.29, 1.82) is 0 Å². The molecule has 0 bridgehead atoms. The van der Waals surface area contributed by atoms with Crippen molar-refractivity contribution in [2.45, 2.75) is 13.5 Å². The normalized spacial score (nSPS) is 10.9. The fourth-order valence-corrected chi connectivity index (χ4v) is 1.86. The van der Waals surface area contributed by atoms with Crippen molar-refractivity contribution in [2.24, 2.45) is 5.90 Å². The molecule has 2 N–H and O–H groups in total. The number of benzene rings is 2. The predicted octanol–water partition coefficient (Wildman–Crippen LogP) is 3.19. The highest BCUT2D eigenvalue weighted by Gasteiger charge is 2.02.